The fraction of sp³-hybridized carbons (Fsp3) is 0. The lowest BCUT2D eigenvalue weighted by Gasteiger charge is -2.06. The van der Waals surface area contributed by atoms with Gasteiger partial charge in [0.2, 0.25) is 5.88 Å². The van der Waals surface area contributed by atoms with Gasteiger partial charge in [0.25, 0.3) is 0 Å². The Hall–Kier alpha value is -3.31. The second-order valence-corrected chi connectivity index (χ2v) is 6.42. The number of nitrogens with zero attached hydrogens (tertiary/aromatic N) is 1. The molecule has 6 heteroatoms. The molecule has 0 aliphatic carbocycles. The van der Waals surface area contributed by atoms with E-state index >= 15 is 0 Å². The highest BCUT2D eigenvalue weighted by atomic mass is 35.5. The Morgan fingerprint density at radius 1 is 1.04 bits per heavy atom. The van der Waals surface area contributed by atoms with Crippen LogP contribution < -0.4 is 11.5 Å². The van der Waals surface area contributed by atoms with Gasteiger partial charge < -0.3 is 15.9 Å². The number of halogens is 2. The largest absolute Gasteiger partial charge is 0.436 e. The highest BCUT2D eigenvalue weighted by molar-refractivity contribution is 6.31. The Morgan fingerprint density at radius 2 is 1.81 bits per heavy atom. The number of benzene rings is 2. The third-order valence-electron chi connectivity index (χ3n) is 4.27. The summed E-state index contributed by atoms with van der Waals surface area (Å²) in [7, 11) is 0. The maximum atomic E-state index is 13.5. The van der Waals surface area contributed by atoms with Crippen LogP contribution in [0, 0.1) is 5.82 Å². The first-order valence-electron chi connectivity index (χ1n) is 8.19. The first-order chi connectivity index (χ1) is 13.0. The van der Waals surface area contributed by atoms with Gasteiger partial charge in [-0.05, 0) is 29.3 Å². The molecule has 4 rings (SSSR count). The number of furan rings is 1. The van der Waals surface area contributed by atoms with Crippen LogP contribution in [0.15, 0.2) is 59.1 Å². The van der Waals surface area contributed by atoms with E-state index in [1.54, 1.807) is 12.3 Å². The zero-order valence-corrected chi connectivity index (χ0v) is 14.9. The van der Waals surface area contributed by atoms with E-state index in [0.717, 1.165) is 5.56 Å². The van der Waals surface area contributed by atoms with Crippen LogP contribution in [-0.4, -0.2) is 4.98 Å². The molecule has 0 amide bonds. The minimum Gasteiger partial charge on any atom is -0.436 e. The molecule has 0 aliphatic rings. The second kappa shape index (κ2) is 6.78. The fourth-order valence-electron chi connectivity index (χ4n) is 2.91. The van der Waals surface area contributed by atoms with Crippen molar-refractivity contribution in [1.29, 1.82) is 0 Å². The SMILES string of the molecule is Nc1oc2c(C=Cc3ccccc3)ncc(-c3ccc(F)c(Cl)c3)c2c1N. The van der Waals surface area contributed by atoms with Crippen molar-refractivity contribution in [3.05, 3.63) is 76.8 Å². The van der Waals surface area contributed by atoms with Gasteiger partial charge in [-0.25, -0.2) is 4.39 Å². The maximum Gasteiger partial charge on any atom is 0.215 e. The van der Waals surface area contributed by atoms with E-state index in [4.69, 9.17) is 27.5 Å². The minimum atomic E-state index is -0.494. The lowest BCUT2D eigenvalue weighted by atomic mass is 10.0. The number of aromatic nitrogens is 1. The highest BCUT2D eigenvalue weighted by Crippen LogP contribution is 2.40. The number of hydrogen-bond donors (Lipinski definition) is 2. The number of anilines is 2. The summed E-state index contributed by atoms with van der Waals surface area (Å²) in [5, 5.41) is 0.640. The molecule has 4 nitrogen and oxygen atoms in total. The molecule has 27 heavy (non-hydrogen) atoms. The van der Waals surface area contributed by atoms with E-state index in [1.807, 2.05) is 42.5 Å². The molecule has 0 saturated heterocycles. The lowest BCUT2D eigenvalue weighted by molar-refractivity contribution is 0.628. The predicted octanol–water partition coefficient (Wildman–Crippen LogP) is 5.62. The molecule has 0 saturated carbocycles. The third-order valence-corrected chi connectivity index (χ3v) is 4.56. The lowest BCUT2D eigenvalue weighted by Crippen LogP contribution is -1.92. The van der Waals surface area contributed by atoms with E-state index in [1.165, 1.54) is 12.1 Å². The van der Waals surface area contributed by atoms with Crippen molar-refractivity contribution in [2.75, 3.05) is 11.5 Å². The van der Waals surface area contributed by atoms with Gasteiger partial charge in [-0.1, -0.05) is 54.1 Å². The van der Waals surface area contributed by atoms with E-state index < -0.39 is 5.82 Å². The van der Waals surface area contributed by atoms with Crippen molar-refractivity contribution < 1.29 is 8.81 Å². The van der Waals surface area contributed by atoms with Crippen LogP contribution in [0.25, 0.3) is 34.2 Å². The van der Waals surface area contributed by atoms with E-state index in [0.29, 0.717) is 33.5 Å². The molecule has 134 valence electrons. The molecule has 0 spiro atoms. The molecule has 0 radical (unpaired) electrons. The molecule has 4 N–H and O–H groups in total. The van der Waals surface area contributed by atoms with Crippen LogP contribution in [0.2, 0.25) is 5.02 Å². The van der Waals surface area contributed by atoms with Crippen LogP contribution in [0.1, 0.15) is 11.3 Å². The Morgan fingerprint density at radius 3 is 2.56 bits per heavy atom. The molecule has 2 aromatic carbocycles. The monoisotopic (exact) mass is 379 g/mol. The molecular weight excluding hydrogens is 365 g/mol. The smallest absolute Gasteiger partial charge is 0.215 e. The number of hydrogen-bond acceptors (Lipinski definition) is 4. The first-order valence-corrected chi connectivity index (χ1v) is 8.57. The summed E-state index contributed by atoms with van der Waals surface area (Å²) in [4.78, 5) is 4.48. The summed E-state index contributed by atoms with van der Waals surface area (Å²) in [5.74, 6) is -0.381. The average Bonchev–Trinajstić information content (AvgIpc) is 2.98. The zero-order valence-electron chi connectivity index (χ0n) is 14.1. The third kappa shape index (κ3) is 3.13. The van der Waals surface area contributed by atoms with Gasteiger partial charge in [-0.2, -0.15) is 0 Å². The summed E-state index contributed by atoms with van der Waals surface area (Å²) in [6.45, 7) is 0. The minimum absolute atomic E-state index is 0.0174. The molecular formula is C21H15ClFN3O. The number of pyridine rings is 1. The Balaban J connectivity index is 1.88. The fourth-order valence-corrected chi connectivity index (χ4v) is 3.09. The van der Waals surface area contributed by atoms with Gasteiger partial charge in [0, 0.05) is 11.8 Å². The maximum absolute atomic E-state index is 13.5. The Labute approximate surface area is 159 Å². The topological polar surface area (TPSA) is 78.1 Å². The van der Waals surface area contributed by atoms with Crippen LogP contribution in [-0.2, 0) is 0 Å². The average molecular weight is 380 g/mol. The summed E-state index contributed by atoms with van der Waals surface area (Å²) in [6, 6.07) is 14.2. The van der Waals surface area contributed by atoms with Crippen LogP contribution in [0.5, 0.6) is 0 Å². The summed E-state index contributed by atoms with van der Waals surface area (Å²) in [5.41, 5.74) is 15.8. The van der Waals surface area contributed by atoms with Crippen molar-refractivity contribution in [3.8, 4) is 11.1 Å². The summed E-state index contributed by atoms with van der Waals surface area (Å²) < 4.78 is 19.2. The number of nitrogen functional groups attached to an aromatic ring is 2. The van der Waals surface area contributed by atoms with E-state index in [-0.39, 0.29) is 10.9 Å². The van der Waals surface area contributed by atoms with Crippen molar-refractivity contribution in [3.63, 3.8) is 0 Å². The van der Waals surface area contributed by atoms with Gasteiger partial charge in [0.15, 0.2) is 5.58 Å². The van der Waals surface area contributed by atoms with Crippen molar-refractivity contribution >= 4 is 46.3 Å². The molecule has 2 heterocycles. The quantitative estimate of drug-likeness (QED) is 0.484. The molecule has 0 bridgehead atoms. The molecule has 0 aliphatic heterocycles. The van der Waals surface area contributed by atoms with Gasteiger partial charge in [-0.15, -0.1) is 0 Å². The van der Waals surface area contributed by atoms with Gasteiger partial charge >= 0.3 is 0 Å². The number of nitrogens with two attached hydrogens (primary N) is 2. The van der Waals surface area contributed by atoms with Gasteiger partial charge in [0.05, 0.1) is 10.4 Å². The molecule has 0 unspecified atom stereocenters. The second-order valence-electron chi connectivity index (χ2n) is 6.01. The van der Waals surface area contributed by atoms with Gasteiger partial charge in [-0.3, -0.25) is 4.98 Å². The zero-order chi connectivity index (χ0) is 19.0. The number of rotatable bonds is 3. The number of fused-ring (bicyclic) bond motifs is 1. The van der Waals surface area contributed by atoms with Crippen LogP contribution in [0.4, 0.5) is 16.0 Å². The highest BCUT2D eigenvalue weighted by Gasteiger charge is 2.18. The van der Waals surface area contributed by atoms with Crippen molar-refractivity contribution in [1.82, 2.24) is 4.98 Å². The first kappa shape index (κ1) is 17.1. The van der Waals surface area contributed by atoms with E-state index in [2.05, 4.69) is 4.98 Å². The summed E-state index contributed by atoms with van der Waals surface area (Å²) >= 11 is 5.92. The molecule has 0 fully saturated rings. The molecule has 4 aromatic rings. The van der Waals surface area contributed by atoms with Crippen molar-refractivity contribution in [2.24, 2.45) is 0 Å². The summed E-state index contributed by atoms with van der Waals surface area (Å²) in [6.07, 6.45) is 5.41. The normalized spacial score (nSPS) is 11.5. The standard InChI is InChI=1S/C21H15ClFN3O/c22-15-10-13(7-8-16(15)23)14-11-26-17(9-6-12-4-2-1-3-5-12)20-18(14)19(24)21(25)27-20/h1-11H,24-25H2. The van der Waals surface area contributed by atoms with E-state index in [9.17, 15) is 4.39 Å². The predicted molar refractivity (Wildman–Crippen MR) is 109 cm³/mol. The molecule has 2 aromatic heterocycles. The van der Waals surface area contributed by atoms with Crippen LogP contribution in [0.3, 0.4) is 0 Å². The Bertz CT molecular complexity index is 1170. The Kier molecular flexibility index (Phi) is 4.30. The van der Waals surface area contributed by atoms with Gasteiger partial charge in [0.1, 0.15) is 17.2 Å². The van der Waals surface area contributed by atoms with Crippen molar-refractivity contribution in [2.45, 2.75) is 0 Å². The molecule has 0 atom stereocenters. The van der Waals surface area contributed by atoms with Crippen LogP contribution >= 0.6 is 11.6 Å².